The number of aliphatic carboxylic acids is 1. The number of sulfone groups is 1. The maximum atomic E-state index is 13.1. The van der Waals surface area contributed by atoms with Gasteiger partial charge in [0.1, 0.15) is 5.75 Å². The number of carbonyl (C=O) groups is 1. The van der Waals surface area contributed by atoms with Gasteiger partial charge in [-0.1, -0.05) is 31.2 Å². The lowest BCUT2D eigenvalue weighted by Crippen LogP contribution is -2.15. The van der Waals surface area contributed by atoms with Gasteiger partial charge < -0.3 is 9.84 Å². The molecule has 0 aromatic heterocycles. The van der Waals surface area contributed by atoms with Gasteiger partial charge in [-0.15, -0.1) is 0 Å². The van der Waals surface area contributed by atoms with Crippen molar-refractivity contribution in [3.63, 3.8) is 0 Å². The van der Waals surface area contributed by atoms with Crippen molar-refractivity contribution >= 4 is 15.8 Å². The van der Waals surface area contributed by atoms with E-state index in [9.17, 15) is 13.2 Å². The van der Waals surface area contributed by atoms with Gasteiger partial charge in [0, 0.05) is 0 Å². The largest absolute Gasteiger partial charge is 0.496 e. The predicted octanol–water partition coefficient (Wildman–Crippen LogP) is 5.08. The van der Waals surface area contributed by atoms with E-state index in [1.165, 1.54) is 24.1 Å². The fraction of sp³-hybridized carbons (Fsp3) is 0.400. The fourth-order valence-corrected chi connectivity index (χ4v) is 5.83. The second kappa shape index (κ2) is 9.69. The second-order valence-electron chi connectivity index (χ2n) is 8.60. The van der Waals surface area contributed by atoms with Crippen molar-refractivity contribution < 1.29 is 23.1 Å². The van der Waals surface area contributed by atoms with Crippen LogP contribution in [0.2, 0.25) is 0 Å². The number of hydrogen-bond donors (Lipinski definition) is 1. The van der Waals surface area contributed by atoms with Crippen LogP contribution in [0, 0.1) is 11.8 Å². The highest BCUT2D eigenvalue weighted by molar-refractivity contribution is 7.91. The number of benzene rings is 2. The van der Waals surface area contributed by atoms with E-state index >= 15 is 0 Å². The molecule has 5 nitrogen and oxygen atoms in total. The maximum Gasteiger partial charge on any atom is 0.307 e. The van der Waals surface area contributed by atoms with E-state index in [0.29, 0.717) is 23.1 Å². The Balaban J connectivity index is 1.81. The summed E-state index contributed by atoms with van der Waals surface area (Å²) in [5, 5.41) is 8.89. The smallest absolute Gasteiger partial charge is 0.307 e. The molecule has 0 saturated heterocycles. The van der Waals surface area contributed by atoms with Crippen molar-refractivity contribution in [2.45, 2.75) is 55.2 Å². The molecule has 1 fully saturated rings. The molecule has 2 aromatic carbocycles. The van der Waals surface area contributed by atoms with Gasteiger partial charge in [-0.25, -0.2) is 8.42 Å². The molecule has 2 aromatic rings. The summed E-state index contributed by atoms with van der Waals surface area (Å²) in [7, 11) is -2.11. The molecule has 0 heterocycles. The van der Waals surface area contributed by atoms with Gasteiger partial charge in [-0.05, 0) is 85.4 Å². The first-order valence-corrected chi connectivity index (χ1v) is 12.1. The van der Waals surface area contributed by atoms with Crippen molar-refractivity contribution in [3.05, 3.63) is 65.7 Å². The maximum absolute atomic E-state index is 13.1. The summed E-state index contributed by atoms with van der Waals surface area (Å²) < 4.78 is 31.8. The van der Waals surface area contributed by atoms with E-state index in [4.69, 9.17) is 9.84 Å². The molecule has 1 saturated carbocycles. The number of aryl methyl sites for hydroxylation is 1. The molecule has 0 aliphatic heterocycles. The first kappa shape index (κ1) is 23.1. The molecule has 6 heteroatoms. The molecule has 0 amide bonds. The lowest BCUT2D eigenvalue weighted by Gasteiger charge is -2.28. The van der Waals surface area contributed by atoms with Crippen LogP contribution in [0.4, 0.5) is 0 Å². The Morgan fingerprint density at radius 3 is 2.42 bits per heavy atom. The third-order valence-electron chi connectivity index (χ3n) is 5.92. The predicted molar refractivity (Wildman–Crippen MR) is 120 cm³/mol. The van der Waals surface area contributed by atoms with Gasteiger partial charge >= 0.3 is 5.97 Å². The van der Waals surface area contributed by atoms with Gasteiger partial charge in [0.2, 0.25) is 9.84 Å². The monoisotopic (exact) mass is 442 g/mol. The SMILES string of the molecule is C=C1CC(C)CC(CCc2cc(S(=O)(=O)c3ccc(CC(=O)O)cc3)ccc2OC)C1. The zero-order valence-electron chi connectivity index (χ0n) is 18.1. The third kappa shape index (κ3) is 5.76. The number of carboxylic acid groups (broad SMARTS) is 1. The van der Waals surface area contributed by atoms with Crippen molar-refractivity contribution in [2.75, 3.05) is 7.11 Å². The van der Waals surface area contributed by atoms with Gasteiger partial charge in [0.05, 0.1) is 23.3 Å². The standard InChI is InChI=1S/C25H30O5S/c1-17-12-18(2)14-20(13-17)4-7-21-16-23(10-11-24(21)30-3)31(28,29)22-8-5-19(6-9-22)15-25(26)27/h5-6,8-11,16,18,20H,1,4,7,12-15H2,2-3H3,(H,26,27). The fourth-order valence-electron chi connectivity index (χ4n) is 4.51. The molecular weight excluding hydrogens is 412 g/mol. The first-order chi connectivity index (χ1) is 14.7. The summed E-state index contributed by atoms with van der Waals surface area (Å²) in [5.74, 6) is 0.941. The van der Waals surface area contributed by atoms with Crippen LogP contribution in [0.5, 0.6) is 5.75 Å². The lowest BCUT2D eigenvalue weighted by molar-refractivity contribution is -0.136. The Morgan fingerprint density at radius 2 is 1.81 bits per heavy atom. The highest BCUT2D eigenvalue weighted by Gasteiger charge is 2.23. The Labute approximate surface area is 184 Å². The van der Waals surface area contributed by atoms with E-state index in [1.807, 2.05) is 0 Å². The zero-order chi connectivity index (χ0) is 22.6. The van der Waals surface area contributed by atoms with Crippen LogP contribution in [0.1, 0.15) is 43.7 Å². The van der Waals surface area contributed by atoms with E-state index in [0.717, 1.165) is 31.2 Å². The summed E-state index contributed by atoms with van der Waals surface area (Å²) in [6.45, 7) is 6.43. The molecule has 2 unspecified atom stereocenters. The van der Waals surface area contributed by atoms with Crippen LogP contribution in [0.15, 0.2) is 64.4 Å². The lowest BCUT2D eigenvalue weighted by atomic mass is 9.77. The zero-order valence-corrected chi connectivity index (χ0v) is 19.0. The third-order valence-corrected chi connectivity index (χ3v) is 7.69. The summed E-state index contributed by atoms with van der Waals surface area (Å²) in [6.07, 6.45) is 4.87. The van der Waals surface area contributed by atoms with Crippen LogP contribution in [0.25, 0.3) is 0 Å². The molecule has 0 radical (unpaired) electrons. The molecule has 2 atom stereocenters. The molecule has 31 heavy (non-hydrogen) atoms. The number of carboxylic acids is 1. The van der Waals surface area contributed by atoms with E-state index in [-0.39, 0.29) is 16.2 Å². The molecule has 0 bridgehead atoms. The van der Waals surface area contributed by atoms with Crippen LogP contribution >= 0.6 is 0 Å². The minimum absolute atomic E-state index is 0.140. The van der Waals surface area contributed by atoms with Crippen LogP contribution in [-0.2, 0) is 27.5 Å². The first-order valence-electron chi connectivity index (χ1n) is 10.6. The van der Waals surface area contributed by atoms with E-state index < -0.39 is 15.8 Å². The Hall–Kier alpha value is -2.60. The normalized spacial score (nSPS) is 19.2. The average Bonchev–Trinajstić information content (AvgIpc) is 2.71. The summed E-state index contributed by atoms with van der Waals surface area (Å²) in [6, 6.07) is 11.0. The van der Waals surface area contributed by atoms with Crippen molar-refractivity contribution in [3.8, 4) is 5.75 Å². The van der Waals surface area contributed by atoms with Crippen molar-refractivity contribution in [2.24, 2.45) is 11.8 Å². The highest BCUT2D eigenvalue weighted by Crippen LogP contribution is 2.35. The summed E-state index contributed by atoms with van der Waals surface area (Å²) >= 11 is 0. The number of hydrogen-bond acceptors (Lipinski definition) is 4. The molecular formula is C25H30O5S. The number of rotatable bonds is 8. The summed E-state index contributed by atoms with van der Waals surface area (Å²) in [5.41, 5.74) is 2.75. The minimum atomic E-state index is -3.71. The van der Waals surface area contributed by atoms with Crippen molar-refractivity contribution in [1.29, 1.82) is 0 Å². The molecule has 1 aliphatic carbocycles. The molecule has 1 aliphatic rings. The molecule has 3 rings (SSSR count). The number of ether oxygens (including phenoxy) is 1. The van der Waals surface area contributed by atoms with Gasteiger partial charge in [0.25, 0.3) is 0 Å². The van der Waals surface area contributed by atoms with Crippen LogP contribution < -0.4 is 4.74 Å². The van der Waals surface area contributed by atoms with Gasteiger partial charge in [-0.3, -0.25) is 4.79 Å². The quantitative estimate of drug-likeness (QED) is 0.577. The highest BCUT2D eigenvalue weighted by atomic mass is 32.2. The second-order valence-corrected chi connectivity index (χ2v) is 10.5. The van der Waals surface area contributed by atoms with Crippen molar-refractivity contribution in [1.82, 2.24) is 0 Å². The molecule has 166 valence electrons. The van der Waals surface area contributed by atoms with E-state index in [2.05, 4.69) is 13.5 Å². The topological polar surface area (TPSA) is 80.7 Å². The van der Waals surface area contributed by atoms with E-state index in [1.54, 1.807) is 37.4 Å². The van der Waals surface area contributed by atoms with Crippen LogP contribution in [0.3, 0.4) is 0 Å². The summed E-state index contributed by atoms with van der Waals surface area (Å²) in [4.78, 5) is 11.2. The Bertz CT molecular complexity index is 1050. The molecule has 0 spiro atoms. The Morgan fingerprint density at radius 1 is 1.13 bits per heavy atom. The molecule has 1 N–H and O–H groups in total. The Kier molecular flexibility index (Phi) is 7.21. The van der Waals surface area contributed by atoms with Gasteiger partial charge in [0.15, 0.2) is 0 Å². The average molecular weight is 443 g/mol. The number of allylic oxidation sites excluding steroid dienone is 1. The minimum Gasteiger partial charge on any atom is -0.496 e. The number of methoxy groups -OCH3 is 1. The van der Waals surface area contributed by atoms with Gasteiger partial charge in [-0.2, -0.15) is 0 Å². The van der Waals surface area contributed by atoms with Crippen LogP contribution in [-0.4, -0.2) is 26.6 Å².